The molecule has 0 heterocycles. The maximum Gasteiger partial charge on any atom is 0.254 e. The van der Waals surface area contributed by atoms with E-state index in [1.165, 1.54) is 11.8 Å². The van der Waals surface area contributed by atoms with Crippen molar-refractivity contribution in [3.63, 3.8) is 0 Å². The predicted molar refractivity (Wildman–Crippen MR) is 102 cm³/mol. The first kappa shape index (κ1) is 19.2. The number of aryl methyl sites for hydroxylation is 1. The Labute approximate surface area is 153 Å². The Kier molecular flexibility index (Phi) is 6.49. The number of anilines is 2. The fraction of sp³-hybridized carbons (Fsp3) is 0.250. The van der Waals surface area contributed by atoms with Crippen molar-refractivity contribution in [1.29, 1.82) is 0 Å². The summed E-state index contributed by atoms with van der Waals surface area (Å²) in [6.07, 6.45) is 0.811. The van der Waals surface area contributed by atoms with Crippen LogP contribution in [-0.4, -0.2) is 36.2 Å². The van der Waals surface area contributed by atoms with Crippen LogP contribution >= 0.6 is 0 Å². The highest BCUT2D eigenvalue weighted by Gasteiger charge is 2.15. The maximum absolute atomic E-state index is 12.4. The first-order valence-electron chi connectivity index (χ1n) is 8.41. The van der Waals surface area contributed by atoms with Gasteiger partial charge in [-0.3, -0.25) is 14.4 Å². The smallest absolute Gasteiger partial charge is 0.254 e. The number of hydrogen-bond donors (Lipinski definition) is 2. The Morgan fingerprint density at radius 2 is 1.62 bits per heavy atom. The number of nitrogens with one attached hydrogen (secondary N) is 2. The van der Waals surface area contributed by atoms with E-state index in [4.69, 9.17) is 0 Å². The molecule has 0 aliphatic carbocycles. The van der Waals surface area contributed by atoms with Gasteiger partial charge < -0.3 is 15.5 Å². The average molecular weight is 353 g/mol. The lowest BCUT2D eigenvalue weighted by Crippen LogP contribution is -2.35. The molecule has 6 heteroatoms. The highest BCUT2D eigenvalue weighted by Crippen LogP contribution is 2.15. The van der Waals surface area contributed by atoms with Gasteiger partial charge in [0, 0.05) is 30.9 Å². The van der Waals surface area contributed by atoms with Gasteiger partial charge in [-0.15, -0.1) is 0 Å². The van der Waals surface area contributed by atoms with Gasteiger partial charge in [-0.1, -0.05) is 25.1 Å². The van der Waals surface area contributed by atoms with Crippen molar-refractivity contribution in [2.75, 3.05) is 24.2 Å². The van der Waals surface area contributed by atoms with Gasteiger partial charge in [0.2, 0.25) is 11.8 Å². The fourth-order valence-corrected chi connectivity index (χ4v) is 2.55. The molecular formula is C20H23N3O3. The molecule has 2 aromatic rings. The van der Waals surface area contributed by atoms with Crippen LogP contribution in [0.3, 0.4) is 0 Å². The second-order valence-electron chi connectivity index (χ2n) is 5.98. The fourth-order valence-electron chi connectivity index (χ4n) is 2.55. The molecule has 3 amide bonds. The number of rotatable bonds is 6. The highest BCUT2D eigenvalue weighted by molar-refractivity contribution is 6.00. The van der Waals surface area contributed by atoms with E-state index in [-0.39, 0.29) is 24.3 Å². The van der Waals surface area contributed by atoms with Gasteiger partial charge in [-0.2, -0.15) is 0 Å². The lowest BCUT2D eigenvalue weighted by atomic mass is 10.1. The van der Waals surface area contributed by atoms with E-state index in [1.807, 2.05) is 31.2 Å². The van der Waals surface area contributed by atoms with Crippen LogP contribution in [0.25, 0.3) is 0 Å². The first-order chi connectivity index (χ1) is 12.4. The molecule has 0 saturated carbocycles. The van der Waals surface area contributed by atoms with Crippen molar-refractivity contribution in [2.45, 2.75) is 20.3 Å². The quantitative estimate of drug-likeness (QED) is 0.838. The average Bonchev–Trinajstić information content (AvgIpc) is 2.61. The van der Waals surface area contributed by atoms with Crippen LogP contribution in [-0.2, 0) is 16.0 Å². The van der Waals surface area contributed by atoms with E-state index in [2.05, 4.69) is 10.6 Å². The molecule has 136 valence electrons. The normalized spacial score (nSPS) is 10.1. The predicted octanol–water partition coefficient (Wildman–Crippen LogP) is 2.92. The van der Waals surface area contributed by atoms with Crippen molar-refractivity contribution in [3.05, 3.63) is 59.7 Å². The molecule has 0 aliphatic rings. The molecule has 26 heavy (non-hydrogen) atoms. The molecule has 6 nitrogen and oxygen atoms in total. The minimum absolute atomic E-state index is 0.0513. The number of benzene rings is 2. The molecule has 0 fully saturated rings. The van der Waals surface area contributed by atoms with Gasteiger partial charge in [0.05, 0.1) is 6.54 Å². The zero-order valence-corrected chi connectivity index (χ0v) is 15.2. The molecule has 2 rings (SSSR count). The van der Waals surface area contributed by atoms with E-state index in [1.54, 1.807) is 31.3 Å². The van der Waals surface area contributed by atoms with Crippen molar-refractivity contribution < 1.29 is 14.4 Å². The summed E-state index contributed by atoms with van der Waals surface area (Å²) >= 11 is 0. The van der Waals surface area contributed by atoms with Crippen LogP contribution < -0.4 is 10.6 Å². The van der Waals surface area contributed by atoms with Crippen molar-refractivity contribution in [1.82, 2.24) is 4.90 Å². The third-order valence-electron chi connectivity index (χ3n) is 3.85. The van der Waals surface area contributed by atoms with E-state index in [0.29, 0.717) is 11.3 Å². The molecule has 2 N–H and O–H groups in total. The number of nitrogens with zero attached hydrogens (tertiary/aromatic N) is 1. The van der Waals surface area contributed by atoms with E-state index < -0.39 is 0 Å². The Balaban J connectivity index is 1.97. The van der Waals surface area contributed by atoms with Crippen LogP contribution in [0.4, 0.5) is 11.4 Å². The summed E-state index contributed by atoms with van der Waals surface area (Å²) in [6.45, 7) is 3.39. The lowest BCUT2D eigenvalue weighted by Gasteiger charge is -2.18. The molecule has 0 aliphatic heterocycles. The monoisotopic (exact) mass is 353 g/mol. The Morgan fingerprint density at radius 1 is 0.962 bits per heavy atom. The van der Waals surface area contributed by atoms with Crippen molar-refractivity contribution in [2.24, 2.45) is 0 Å². The molecule has 0 aromatic heterocycles. The molecule has 0 bridgehead atoms. The van der Waals surface area contributed by atoms with Gasteiger partial charge in [0.25, 0.3) is 5.91 Å². The van der Waals surface area contributed by atoms with Crippen LogP contribution in [0.2, 0.25) is 0 Å². The van der Waals surface area contributed by atoms with Gasteiger partial charge in [0.15, 0.2) is 0 Å². The summed E-state index contributed by atoms with van der Waals surface area (Å²) in [5, 5.41) is 5.49. The molecule has 0 atom stereocenters. The number of likely N-dealkylation sites (N-methyl/N-ethyl adjacent to an activating group) is 1. The largest absolute Gasteiger partial charge is 0.332 e. The summed E-state index contributed by atoms with van der Waals surface area (Å²) in [5.41, 5.74) is 2.87. The zero-order valence-electron chi connectivity index (χ0n) is 15.2. The summed E-state index contributed by atoms with van der Waals surface area (Å²) in [7, 11) is 1.58. The summed E-state index contributed by atoms with van der Waals surface area (Å²) in [4.78, 5) is 37.1. The lowest BCUT2D eigenvalue weighted by molar-refractivity contribution is -0.116. The van der Waals surface area contributed by atoms with Crippen molar-refractivity contribution >= 4 is 29.1 Å². The number of hydrogen-bond acceptors (Lipinski definition) is 3. The first-order valence-corrected chi connectivity index (χ1v) is 8.41. The van der Waals surface area contributed by atoms with E-state index >= 15 is 0 Å². The van der Waals surface area contributed by atoms with E-state index in [0.717, 1.165) is 17.7 Å². The maximum atomic E-state index is 12.4. The van der Waals surface area contributed by atoms with Crippen molar-refractivity contribution in [3.8, 4) is 0 Å². The Bertz CT molecular complexity index is 800. The standard InChI is InChI=1S/C20H23N3O3/c1-4-15-7-5-6-8-18(15)22-19(25)13-23(3)20(26)16-9-11-17(12-10-16)21-14(2)24/h5-12H,4,13H2,1-3H3,(H,21,24)(H,22,25). The molecular weight excluding hydrogens is 330 g/mol. The Morgan fingerprint density at radius 3 is 2.23 bits per heavy atom. The second-order valence-corrected chi connectivity index (χ2v) is 5.98. The molecule has 0 spiro atoms. The van der Waals surface area contributed by atoms with Gasteiger partial charge in [-0.25, -0.2) is 0 Å². The minimum Gasteiger partial charge on any atom is -0.332 e. The minimum atomic E-state index is -0.265. The zero-order chi connectivity index (χ0) is 19.1. The third kappa shape index (κ3) is 5.17. The molecule has 0 unspecified atom stereocenters. The van der Waals surface area contributed by atoms with Crippen LogP contribution in [0, 0.1) is 0 Å². The topological polar surface area (TPSA) is 78.5 Å². The van der Waals surface area contributed by atoms with Gasteiger partial charge >= 0.3 is 0 Å². The summed E-state index contributed by atoms with van der Waals surface area (Å²) in [6, 6.07) is 14.1. The summed E-state index contributed by atoms with van der Waals surface area (Å²) < 4.78 is 0. The SMILES string of the molecule is CCc1ccccc1NC(=O)CN(C)C(=O)c1ccc(NC(C)=O)cc1. The highest BCUT2D eigenvalue weighted by atomic mass is 16.2. The van der Waals surface area contributed by atoms with Gasteiger partial charge in [-0.05, 0) is 42.3 Å². The number of carbonyl (C=O) groups excluding carboxylic acids is 3. The van der Waals surface area contributed by atoms with E-state index in [9.17, 15) is 14.4 Å². The second kappa shape index (κ2) is 8.80. The number of carbonyl (C=O) groups is 3. The molecule has 0 radical (unpaired) electrons. The number of para-hydroxylation sites is 1. The molecule has 2 aromatic carbocycles. The van der Waals surface area contributed by atoms with Gasteiger partial charge in [0.1, 0.15) is 0 Å². The molecule has 0 saturated heterocycles. The van der Waals surface area contributed by atoms with Crippen LogP contribution in [0.5, 0.6) is 0 Å². The van der Waals surface area contributed by atoms with Crippen LogP contribution in [0.15, 0.2) is 48.5 Å². The third-order valence-corrected chi connectivity index (χ3v) is 3.85. The van der Waals surface area contributed by atoms with Crippen LogP contribution in [0.1, 0.15) is 29.8 Å². The number of amides is 3. The summed E-state index contributed by atoms with van der Waals surface area (Å²) in [5.74, 6) is -0.694. The Hall–Kier alpha value is -3.15.